The monoisotopic (exact) mass is 216 g/mol. The van der Waals surface area contributed by atoms with Gasteiger partial charge in [-0.1, -0.05) is 23.8 Å². The zero-order chi connectivity index (χ0) is 11.5. The van der Waals surface area contributed by atoms with Gasteiger partial charge in [-0.15, -0.1) is 0 Å². The van der Waals surface area contributed by atoms with Crippen molar-refractivity contribution in [3.63, 3.8) is 0 Å². The van der Waals surface area contributed by atoms with Crippen LogP contribution in [0.2, 0.25) is 0 Å². The standard InChI is InChI=1S/C13H16N2O/c1-10(2)7-11(16)8-15-9-14-12-5-3-4-6-13(12)15/h3-7,9,11,16H,8H2,1-2H3. The molecule has 3 heteroatoms. The molecule has 0 radical (unpaired) electrons. The number of hydrogen-bond donors (Lipinski definition) is 1. The fourth-order valence-electron chi connectivity index (χ4n) is 1.79. The Morgan fingerprint density at radius 3 is 2.94 bits per heavy atom. The molecule has 1 aromatic carbocycles. The summed E-state index contributed by atoms with van der Waals surface area (Å²) in [5.41, 5.74) is 3.15. The van der Waals surface area contributed by atoms with E-state index in [2.05, 4.69) is 4.98 Å². The number of benzene rings is 1. The lowest BCUT2D eigenvalue weighted by Gasteiger charge is -2.08. The van der Waals surface area contributed by atoms with Crippen LogP contribution in [0.5, 0.6) is 0 Å². The third-order valence-corrected chi connectivity index (χ3v) is 2.44. The molecular weight excluding hydrogens is 200 g/mol. The van der Waals surface area contributed by atoms with Crippen molar-refractivity contribution in [1.29, 1.82) is 0 Å². The van der Waals surface area contributed by atoms with E-state index in [4.69, 9.17) is 0 Å². The molecule has 0 saturated carbocycles. The van der Waals surface area contributed by atoms with Crippen molar-refractivity contribution in [1.82, 2.24) is 9.55 Å². The Labute approximate surface area is 95.0 Å². The van der Waals surface area contributed by atoms with Crippen molar-refractivity contribution in [3.8, 4) is 0 Å². The molecule has 0 spiro atoms. The summed E-state index contributed by atoms with van der Waals surface area (Å²) in [4.78, 5) is 4.28. The summed E-state index contributed by atoms with van der Waals surface area (Å²) >= 11 is 0. The third kappa shape index (κ3) is 2.31. The Kier molecular flexibility index (Phi) is 3.06. The maximum atomic E-state index is 9.83. The van der Waals surface area contributed by atoms with E-state index in [1.165, 1.54) is 0 Å². The van der Waals surface area contributed by atoms with Crippen molar-refractivity contribution in [2.45, 2.75) is 26.5 Å². The smallest absolute Gasteiger partial charge is 0.0959 e. The third-order valence-electron chi connectivity index (χ3n) is 2.44. The van der Waals surface area contributed by atoms with Gasteiger partial charge in [-0.25, -0.2) is 4.98 Å². The van der Waals surface area contributed by atoms with Gasteiger partial charge in [-0.3, -0.25) is 0 Å². The van der Waals surface area contributed by atoms with Gasteiger partial charge in [0.1, 0.15) is 0 Å². The van der Waals surface area contributed by atoms with Gasteiger partial charge in [0.15, 0.2) is 0 Å². The first-order valence-corrected chi connectivity index (χ1v) is 5.40. The summed E-state index contributed by atoms with van der Waals surface area (Å²) in [7, 11) is 0. The molecule has 0 aliphatic carbocycles. The van der Waals surface area contributed by atoms with E-state index in [1.54, 1.807) is 6.33 Å². The second kappa shape index (κ2) is 4.49. The average molecular weight is 216 g/mol. The summed E-state index contributed by atoms with van der Waals surface area (Å²) < 4.78 is 1.97. The highest BCUT2D eigenvalue weighted by Gasteiger charge is 2.05. The van der Waals surface area contributed by atoms with Gasteiger partial charge in [-0.05, 0) is 26.0 Å². The fourth-order valence-corrected chi connectivity index (χ4v) is 1.79. The van der Waals surface area contributed by atoms with Crippen molar-refractivity contribution in [2.24, 2.45) is 0 Å². The van der Waals surface area contributed by atoms with Gasteiger partial charge in [0.2, 0.25) is 0 Å². The van der Waals surface area contributed by atoms with Crippen molar-refractivity contribution < 1.29 is 5.11 Å². The van der Waals surface area contributed by atoms with Crippen LogP contribution in [0.1, 0.15) is 13.8 Å². The maximum Gasteiger partial charge on any atom is 0.0959 e. The minimum absolute atomic E-state index is 0.456. The molecule has 1 heterocycles. The molecular formula is C13H16N2O. The molecule has 0 saturated heterocycles. The second-order valence-corrected chi connectivity index (χ2v) is 4.20. The second-order valence-electron chi connectivity index (χ2n) is 4.20. The number of imidazole rings is 1. The predicted octanol–water partition coefficient (Wildman–Crippen LogP) is 2.36. The number of aromatic nitrogens is 2. The molecule has 3 nitrogen and oxygen atoms in total. The van der Waals surface area contributed by atoms with E-state index < -0.39 is 6.10 Å². The molecule has 0 amide bonds. The van der Waals surface area contributed by atoms with Crippen LogP contribution in [0.25, 0.3) is 11.0 Å². The van der Waals surface area contributed by atoms with Crippen LogP contribution >= 0.6 is 0 Å². The van der Waals surface area contributed by atoms with Crippen LogP contribution in [0.4, 0.5) is 0 Å². The predicted molar refractivity (Wildman–Crippen MR) is 65.2 cm³/mol. The Morgan fingerprint density at radius 2 is 2.19 bits per heavy atom. The zero-order valence-corrected chi connectivity index (χ0v) is 9.59. The van der Waals surface area contributed by atoms with Gasteiger partial charge >= 0.3 is 0 Å². The SMILES string of the molecule is CC(C)=CC(O)Cn1cnc2ccccc21. The van der Waals surface area contributed by atoms with Gasteiger partial charge < -0.3 is 9.67 Å². The minimum atomic E-state index is -0.456. The lowest BCUT2D eigenvalue weighted by Crippen LogP contribution is -2.12. The molecule has 2 aromatic rings. The van der Waals surface area contributed by atoms with Gasteiger partial charge in [0.25, 0.3) is 0 Å². The molecule has 2 rings (SSSR count). The van der Waals surface area contributed by atoms with E-state index in [0.29, 0.717) is 6.54 Å². The summed E-state index contributed by atoms with van der Waals surface area (Å²) in [6.45, 7) is 4.51. The maximum absolute atomic E-state index is 9.83. The fraction of sp³-hybridized carbons (Fsp3) is 0.308. The first kappa shape index (κ1) is 10.9. The van der Waals surface area contributed by atoms with Crippen molar-refractivity contribution in [3.05, 3.63) is 42.2 Å². The largest absolute Gasteiger partial charge is 0.387 e. The lowest BCUT2D eigenvalue weighted by atomic mass is 10.2. The van der Waals surface area contributed by atoms with Crippen molar-refractivity contribution in [2.75, 3.05) is 0 Å². The van der Waals surface area contributed by atoms with Crippen LogP contribution in [0.3, 0.4) is 0 Å². The highest BCUT2D eigenvalue weighted by atomic mass is 16.3. The van der Waals surface area contributed by atoms with Crippen LogP contribution in [-0.2, 0) is 6.54 Å². The van der Waals surface area contributed by atoms with E-state index in [9.17, 15) is 5.11 Å². The average Bonchev–Trinajstić information content (AvgIpc) is 2.61. The molecule has 1 unspecified atom stereocenters. The number of aliphatic hydroxyl groups is 1. The molecule has 1 atom stereocenters. The number of hydrogen-bond acceptors (Lipinski definition) is 2. The topological polar surface area (TPSA) is 38.0 Å². The summed E-state index contributed by atoms with van der Waals surface area (Å²) in [5, 5.41) is 9.83. The van der Waals surface area contributed by atoms with Gasteiger partial charge in [-0.2, -0.15) is 0 Å². The molecule has 1 aromatic heterocycles. The Hall–Kier alpha value is -1.61. The first-order chi connectivity index (χ1) is 7.66. The summed E-state index contributed by atoms with van der Waals surface area (Å²) in [5.74, 6) is 0. The lowest BCUT2D eigenvalue weighted by molar-refractivity contribution is 0.202. The quantitative estimate of drug-likeness (QED) is 0.800. The van der Waals surface area contributed by atoms with E-state index in [1.807, 2.05) is 48.8 Å². The van der Waals surface area contributed by atoms with Crippen molar-refractivity contribution >= 4 is 11.0 Å². The molecule has 84 valence electrons. The Balaban J connectivity index is 2.25. The zero-order valence-electron chi connectivity index (χ0n) is 9.59. The number of para-hydroxylation sites is 2. The van der Waals surface area contributed by atoms with Crippen LogP contribution in [0.15, 0.2) is 42.2 Å². The van der Waals surface area contributed by atoms with Crippen LogP contribution in [-0.4, -0.2) is 20.8 Å². The first-order valence-electron chi connectivity index (χ1n) is 5.40. The van der Waals surface area contributed by atoms with Gasteiger partial charge in [0.05, 0.1) is 30.0 Å². The van der Waals surface area contributed by atoms with Crippen LogP contribution in [0, 0.1) is 0 Å². The highest BCUT2D eigenvalue weighted by molar-refractivity contribution is 5.74. The number of aliphatic hydroxyl groups excluding tert-OH is 1. The molecule has 0 aliphatic rings. The molecule has 1 N–H and O–H groups in total. The minimum Gasteiger partial charge on any atom is -0.387 e. The number of nitrogens with zero attached hydrogens (tertiary/aromatic N) is 2. The molecule has 16 heavy (non-hydrogen) atoms. The Morgan fingerprint density at radius 1 is 1.44 bits per heavy atom. The van der Waals surface area contributed by atoms with E-state index in [-0.39, 0.29) is 0 Å². The molecule has 0 bridgehead atoms. The number of rotatable bonds is 3. The highest BCUT2D eigenvalue weighted by Crippen LogP contribution is 2.12. The van der Waals surface area contributed by atoms with Gasteiger partial charge in [0, 0.05) is 0 Å². The number of fused-ring (bicyclic) bond motifs is 1. The molecule has 0 fully saturated rings. The van der Waals surface area contributed by atoms with E-state index >= 15 is 0 Å². The summed E-state index contributed by atoms with van der Waals surface area (Å²) in [6.07, 6.45) is 3.17. The van der Waals surface area contributed by atoms with Crippen LogP contribution < -0.4 is 0 Å². The Bertz CT molecular complexity index is 509. The normalized spacial score (nSPS) is 12.7. The number of allylic oxidation sites excluding steroid dienone is 1. The van der Waals surface area contributed by atoms with E-state index in [0.717, 1.165) is 16.6 Å². The molecule has 0 aliphatic heterocycles. The summed E-state index contributed by atoms with van der Waals surface area (Å²) in [6, 6.07) is 7.93.